The van der Waals surface area contributed by atoms with Crippen molar-refractivity contribution in [3.8, 4) is 5.75 Å². The van der Waals surface area contributed by atoms with Crippen LogP contribution >= 0.6 is 27.3 Å². The Kier molecular flexibility index (Phi) is 2.20. The van der Waals surface area contributed by atoms with Crippen LogP contribution in [0.2, 0.25) is 0 Å². The lowest BCUT2D eigenvalue weighted by Crippen LogP contribution is -1.94. The molecule has 2 N–H and O–H groups in total. The smallest absolute Gasteiger partial charge is 0.335 e. The van der Waals surface area contributed by atoms with E-state index < -0.39 is 5.97 Å². The third kappa shape index (κ3) is 1.38. The quantitative estimate of drug-likeness (QED) is 0.839. The van der Waals surface area contributed by atoms with Crippen molar-refractivity contribution < 1.29 is 15.0 Å². The van der Waals surface area contributed by atoms with E-state index in [1.165, 1.54) is 17.4 Å². The molecule has 72 valence electrons. The molecule has 0 bridgehead atoms. The predicted molar refractivity (Wildman–Crippen MR) is 58.1 cm³/mol. The zero-order valence-corrected chi connectivity index (χ0v) is 9.22. The number of rotatable bonds is 1. The Bertz CT molecular complexity index is 518. The van der Waals surface area contributed by atoms with Crippen molar-refractivity contribution in [3.05, 3.63) is 27.5 Å². The molecule has 5 heteroatoms. The van der Waals surface area contributed by atoms with Gasteiger partial charge < -0.3 is 10.2 Å². The molecule has 0 unspecified atom stereocenters. The molecule has 0 aliphatic carbocycles. The summed E-state index contributed by atoms with van der Waals surface area (Å²) in [5, 5.41) is 19.0. The summed E-state index contributed by atoms with van der Waals surface area (Å²) in [5.74, 6) is -0.794. The van der Waals surface area contributed by atoms with Crippen LogP contribution < -0.4 is 0 Å². The number of carboxylic acids is 1. The second-order valence-corrected chi connectivity index (χ2v) is 5.11. The van der Waals surface area contributed by atoms with Gasteiger partial charge in [-0.2, -0.15) is 0 Å². The average Bonchev–Trinajstić information content (AvgIpc) is 2.42. The van der Waals surface area contributed by atoms with E-state index in [2.05, 4.69) is 15.9 Å². The van der Waals surface area contributed by atoms with E-state index in [0.717, 1.165) is 4.70 Å². The molecule has 1 heterocycles. The maximum Gasteiger partial charge on any atom is 0.335 e. The molecule has 0 aliphatic rings. The summed E-state index contributed by atoms with van der Waals surface area (Å²) in [7, 11) is 0. The molecule has 14 heavy (non-hydrogen) atoms. The van der Waals surface area contributed by atoms with Gasteiger partial charge in [-0.15, -0.1) is 11.3 Å². The minimum absolute atomic E-state index is 0.168. The van der Waals surface area contributed by atoms with Crippen molar-refractivity contribution in [2.24, 2.45) is 0 Å². The van der Waals surface area contributed by atoms with Gasteiger partial charge in [0.25, 0.3) is 0 Å². The van der Waals surface area contributed by atoms with E-state index in [0.29, 0.717) is 9.17 Å². The summed E-state index contributed by atoms with van der Waals surface area (Å²) in [6.45, 7) is 0. The molecule has 3 nitrogen and oxygen atoms in total. The molecule has 0 spiro atoms. The highest BCUT2D eigenvalue weighted by Crippen LogP contribution is 2.40. The molecule has 0 amide bonds. The maximum absolute atomic E-state index is 10.7. The van der Waals surface area contributed by atoms with Crippen molar-refractivity contribution in [3.63, 3.8) is 0 Å². The first-order valence-electron chi connectivity index (χ1n) is 3.74. The van der Waals surface area contributed by atoms with E-state index in [4.69, 9.17) is 5.11 Å². The molecular formula is C9H5BrO3S. The fourth-order valence-corrected chi connectivity index (χ4v) is 2.78. The highest BCUT2D eigenvalue weighted by Gasteiger charge is 2.11. The van der Waals surface area contributed by atoms with Crippen LogP contribution in [0.15, 0.2) is 22.0 Å². The summed E-state index contributed by atoms with van der Waals surface area (Å²) in [5.41, 5.74) is 0.228. The first-order chi connectivity index (χ1) is 6.59. The van der Waals surface area contributed by atoms with Crippen LogP contribution in [0.25, 0.3) is 10.1 Å². The third-order valence-electron chi connectivity index (χ3n) is 1.87. The van der Waals surface area contributed by atoms with Gasteiger partial charge in [0.1, 0.15) is 9.54 Å². The van der Waals surface area contributed by atoms with Crippen LogP contribution in [0.3, 0.4) is 0 Å². The number of hydrogen-bond donors (Lipinski definition) is 2. The molecule has 2 aromatic rings. The molecule has 1 aromatic heterocycles. The Hall–Kier alpha value is -1.07. The Labute approximate surface area is 91.7 Å². The van der Waals surface area contributed by atoms with Crippen molar-refractivity contribution in [1.82, 2.24) is 0 Å². The van der Waals surface area contributed by atoms with Crippen molar-refractivity contribution in [2.75, 3.05) is 0 Å². The number of carboxylic acid groups (broad SMARTS) is 1. The van der Waals surface area contributed by atoms with Crippen LogP contribution in [-0.4, -0.2) is 16.2 Å². The standard InChI is InChI=1S/C9H5BrO3S/c10-8-7(11)5-2-1-4(9(12)13)3-6(5)14-8/h1-3,11H,(H,12,13). The Morgan fingerprint density at radius 2 is 2.14 bits per heavy atom. The lowest BCUT2D eigenvalue weighted by Gasteiger charge is -1.94. The molecule has 0 saturated carbocycles. The first kappa shape index (κ1) is 9.48. The molecule has 1 aromatic carbocycles. The van der Waals surface area contributed by atoms with Gasteiger partial charge in [0.2, 0.25) is 0 Å². The molecule has 0 fully saturated rings. The van der Waals surface area contributed by atoms with Gasteiger partial charge in [0.15, 0.2) is 0 Å². The SMILES string of the molecule is O=C(O)c1ccc2c(O)c(Br)sc2c1. The fraction of sp³-hybridized carbons (Fsp3) is 0. The Balaban J connectivity index is 2.73. The summed E-state index contributed by atoms with van der Waals surface area (Å²) in [4.78, 5) is 10.7. The van der Waals surface area contributed by atoms with Crippen LogP contribution in [0.5, 0.6) is 5.75 Å². The molecule has 0 atom stereocenters. The minimum atomic E-state index is -0.962. The Morgan fingerprint density at radius 1 is 1.43 bits per heavy atom. The van der Waals surface area contributed by atoms with Gasteiger partial charge >= 0.3 is 5.97 Å². The van der Waals surface area contributed by atoms with Crippen LogP contribution in [0.1, 0.15) is 10.4 Å². The summed E-state index contributed by atoms with van der Waals surface area (Å²) in [6.07, 6.45) is 0. The van der Waals surface area contributed by atoms with E-state index in [9.17, 15) is 9.90 Å². The van der Waals surface area contributed by atoms with Crippen LogP contribution in [0, 0.1) is 0 Å². The van der Waals surface area contributed by atoms with E-state index in [1.807, 2.05) is 0 Å². The maximum atomic E-state index is 10.7. The minimum Gasteiger partial charge on any atom is -0.505 e. The topological polar surface area (TPSA) is 57.5 Å². The van der Waals surface area contributed by atoms with Gasteiger partial charge in [-0.3, -0.25) is 0 Å². The number of halogens is 1. The molecule has 0 aliphatic heterocycles. The number of hydrogen-bond acceptors (Lipinski definition) is 3. The normalized spacial score (nSPS) is 10.6. The lowest BCUT2D eigenvalue weighted by molar-refractivity contribution is 0.0697. The Morgan fingerprint density at radius 3 is 2.79 bits per heavy atom. The number of thiophene rings is 1. The lowest BCUT2D eigenvalue weighted by atomic mass is 10.2. The average molecular weight is 273 g/mol. The zero-order valence-electron chi connectivity index (χ0n) is 6.82. The van der Waals surface area contributed by atoms with Crippen LogP contribution in [0.4, 0.5) is 0 Å². The van der Waals surface area contributed by atoms with Gasteiger partial charge in [0.05, 0.1) is 5.56 Å². The van der Waals surface area contributed by atoms with Crippen molar-refractivity contribution in [2.45, 2.75) is 0 Å². The van der Waals surface area contributed by atoms with Gasteiger partial charge in [-0.1, -0.05) is 0 Å². The second-order valence-electron chi connectivity index (χ2n) is 2.74. The van der Waals surface area contributed by atoms with Crippen molar-refractivity contribution >= 4 is 43.3 Å². The van der Waals surface area contributed by atoms with E-state index in [-0.39, 0.29) is 11.3 Å². The van der Waals surface area contributed by atoms with Crippen molar-refractivity contribution in [1.29, 1.82) is 0 Å². The molecule has 0 saturated heterocycles. The van der Waals surface area contributed by atoms with E-state index >= 15 is 0 Å². The monoisotopic (exact) mass is 272 g/mol. The third-order valence-corrected chi connectivity index (χ3v) is 3.66. The first-order valence-corrected chi connectivity index (χ1v) is 5.35. The molecule has 0 radical (unpaired) electrons. The zero-order chi connectivity index (χ0) is 10.3. The van der Waals surface area contributed by atoms with E-state index in [1.54, 1.807) is 12.1 Å². The highest BCUT2D eigenvalue weighted by atomic mass is 79.9. The number of aromatic hydroxyl groups is 1. The molecular weight excluding hydrogens is 268 g/mol. The largest absolute Gasteiger partial charge is 0.505 e. The second kappa shape index (κ2) is 3.25. The fourth-order valence-electron chi connectivity index (χ4n) is 1.19. The number of aromatic carboxylic acids is 1. The van der Waals surface area contributed by atoms with Gasteiger partial charge in [-0.25, -0.2) is 4.79 Å². The van der Waals surface area contributed by atoms with Gasteiger partial charge in [-0.05, 0) is 34.1 Å². The highest BCUT2D eigenvalue weighted by molar-refractivity contribution is 9.11. The summed E-state index contributed by atoms with van der Waals surface area (Å²) >= 11 is 4.50. The number of carbonyl (C=O) groups is 1. The number of fused-ring (bicyclic) bond motifs is 1. The summed E-state index contributed by atoms with van der Waals surface area (Å²) < 4.78 is 1.38. The van der Waals surface area contributed by atoms with Gasteiger partial charge in [0, 0.05) is 10.1 Å². The predicted octanol–water partition coefficient (Wildman–Crippen LogP) is 3.07. The molecule has 2 rings (SSSR count). The summed E-state index contributed by atoms with van der Waals surface area (Å²) in [6, 6.07) is 4.63. The number of benzene rings is 1. The van der Waals surface area contributed by atoms with Crippen LogP contribution in [-0.2, 0) is 0 Å².